The molecule has 2 saturated heterocycles. The van der Waals surface area contributed by atoms with Gasteiger partial charge in [-0.25, -0.2) is 15.0 Å². The lowest BCUT2D eigenvalue weighted by Crippen LogP contribution is -2.33. The van der Waals surface area contributed by atoms with Crippen molar-refractivity contribution < 1.29 is 33.3 Å². The van der Waals surface area contributed by atoms with Crippen LogP contribution in [0.1, 0.15) is 53.2 Å². The number of carbonyl (C=O) groups excluding carboxylic acids is 2. The second-order valence-electron chi connectivity index (χ2n) is 9.36. The molecule has 1 saturated carbocycles. The van der Waals surface area contributed by atoms with E-state index in [9.17, 15) is 9.59 Å². The maximum atomic E-state index is 11.3. The number of hydrogen-bond acceptors (Lipinski definition) is 11. The lowest BCUT2D eigenvalue weighted by molar-refractivity contribution is -0.201. The Morgan fingerprint density at radius 1 is 1.15 bits per heavy atom. The minimum absolute atomic E-state index is 0.0615. The summed E-state index contributed by atoms with van der Waals surface area (Å²) >= 11 is 0. The molecule has 4 heterocycles. The van der Waals surface area contributed by atoms with Crippen molar-refractivity contribution in [2.24, 2.45) is 0 Å². The van der Waals surface area contributed by atoms with Crippen molar-refractivity contribution in [3.8, 4) is 0 Å². The highest BCUT2D eigenvalue weighted by molar-refractivity contribution is 5.82. The van der Waals surface area contributed by atoms with Gasteiger partial charge in [-0.15, -0.1) is 0 Å². The fraction of sp³-hybridized carbons (Fsp3) is 0.682. The van der Waals surface area contributed by atoms with E-state index in [-0.39, 0.29) is 30.7 Å². The Morgan fingerprint density at radius 3 is 2.71 bits per heavy atom. The van der Waals surface area contributed by atoms with Gasteiger partial charge in [0.05, 0.1) is 6.33 Å². The van der Waals surface area contributed by atoms with Crippen LogP contribution in [0, 0.1) is 0 Å². The van der Waals surface area contributed by atoms with Gasteiger partial charge >= 0.3 is 11.9 Å². The first kappa shape index (κ1) is 22.9. The summed E-state index contributed by atoms with van der Waals surface area (Å²) in [5, 5.41) is 3.42. The number of rotatable bonds is 6. The van der Waals surface area contributed by atoms with Crippen LogP contribution in [0.15, 0.2) is 12.7 Å². The molecule has 0 radical (unpaired) electrons. The first-order valence-corrected chi connectivity index (χ1v) is 11.5. The monoisotopic (exact) mass is 475 g/mol. The van der Waals surface area contributed by atoms with E-state index in [4.69, 9.17) is 23.7 Å². The first-order chi connectivity index (χ1) is 16.2. The quantitative estimate of drug-likeness (QED) is 0.611. The fourth-order valence-corrected chi connectivity index (χ4v) is 4.97. The summed E-state index contributed by atoms with van der Waals surface area (Å²) in [5.74, 6) is -0.851. The van der Waals surface area contributed by atoms with E-state index in [0.717, 1.165) is 12.8 Å². The Bertz CT molecular complexity index is 1090. The second kappa shape index (κ2) is 8.75. The maximum Gasteiger partial charge on any atom is 0.302 e. The van der Waals surface area contributed by atoms with Crippen LogP contribution in [0.2, 0.25) is 0 Å². The summed E-state index contributed by atoms with van der Waals surface area (Å²) in [6.45, 7) is 6.52. The number of carbonyl (C=O) groups is 2. The molecule has 12 nitrogen and oxygen atoms in total. The molecule has 1 aliphatic carbocycles. The van der Waals surface area contributed by atoms with Crippen molar-refractivity contribution >= 4 is 28.9 Å². The van der Waals surface area contributed by atoms with Gasteiger partial charge in [-0.05, 0) is 26.7 Å². The molecule has 2 aliphatic heterocycles. The van der Waals surface area contributed by atoms with Gasteiger partial charge in [0.25, 0.3) is 0 Å². The van der Waals surface area contributed by atoms with Gasteiger partial charge < -0.3 is 29.0 Å². The van der Waals surface area contributed by atoms with E-state index in [1.165, 1.54) is 20.2 Å². The zero-order valence-electron chi connectivity index (χ0n) is 19.6. The molecule has 3 fully saturated rings. The van der Waals surface area contributed by atoms with E-state index in [1.807, 2.05) is 13.8 Å². The smallest absolute Gasteiger partial charge is 0.302 e. The molecule has 0 bridgehead atoms. The molecular formula is C22H29N5O7. The van der Waals surface area contributed by atoms with Gasteiger partial charge in [-0.1, -0.05) is 0 Å². The summed E-state index contributed by atoms with van der Waals surface area (Å²) in [4.78, 5) is 36.0. The van der Waals surface area contributed by atoms with E-state index in [2.05, 4.69) is 20.3 Å². The molecule has 0 aromatic carbocycles. The molecule has 0 unspecified atom stereocenters. The molecule has 12 heteroatoms. The number of esters is 2. The number of aromatic nitrogens is 4. The van der Waals surface area contributed by atoms with Crippen LogP contribution in [0.4, 0.5) is 5.82 Å². The van der Waals surface area contributed by atoms with Crippen molar-refractivity contribution in [2.75, 3.05) is 11.9 Å². The number of ether oxygens (including phenoxy) is 5. The SMILES string of the molecule is CC(=O)OC[C@H]1O[C@@H](n2cnc3c(N[C@@H]4CC[C@@H](OC(C)=O)C4)ncnc32)[C@@H]2OC(C)(C)O[C@@H]21. The van der Waals surface area contributed by atoms with E-state index in [1.54, 1.807) is 10.9 Å². The van der Waals surface area contributed by atoms with Crippen molar-refractivity contribution in [3.63, 3.8) is 0 Å². The summed E-state index contributed by atoms with van der Waals surface area (Å²) in [6.07, 6.45) is 3.49. The second-order valence-corrected chi connectivity index (χ2v) is 9.36. The molecule has 2 aromatic rings. The van der Waals surface area contributed by atoms with Gasteiger partial charge in [0.2, 0.25) is 0 Å². The molecule has 0 amide bonds. The standard InChI is InChI=1S/C22H29N5O7/c1-11(28)30-8-15-17-18(34-22(3,4)33-17)21(32-15)27-10-25-16-19(23-9-24-20(16)27)26-13-5-6-14(7-13)31-12(2)29/h9-10,13-15,17-18,21H,5-8H2,1-4H3,(H,23,24,26)/t13-,14-,15-,17-,18-,21-/m1/s1. The summed E-state index contributed by atoms with van der Waals surface area (Å²) in [7, 11) is 0. The maximum absolute atomic E-state index is 11.3. The molecule has 2 aromatic heterocycles. The zero-order chi connectivity index (χ0) is 24.0. The van der Waals surface area contributed by atoms with Gasteiger partial charge in [-0.3, -0.25) is 14.2 Å². The molecule has 184 valence electrons. The third-order valence-corrected chi connectivity index (χ3v) is 6.27. The fourth-order valence-electron chi connectivity index (χ4n) is 4.97. The summed E-state index contributed by atoms with van der Waals surface area (Å²) in [5.41, 5.74) is 1.18. The average Bonchev–Trinajstić information content (AvgIpc) is 3.50. The predicted octanol–water partition coefficient (Wildman–Crippen LogP) is 1.70. The molecule has 5 rings (SSSR count). The third-order valence-electron chi connectivity index (χ3n) is 6.27. The van der Waals surface area contributed by atoms with Crippen LogP contribution in [0.3, 0.4) is 0 Å². The number of anilines is 1. The van der Waals surface area contributed by atoms with Crippen molar-refractivity contribution in [3.05, 3.63) is 12.7 Å². The minimum atomic E-state index is -0.801. The first-order valence-electron chi connectivity index (χ1n) is 11.5. The number of fused-ring (bicyclic) bond motifs is 2. The number of hydrogen-bond donors (Lipinski definition) is 1. The lowest BCUT2D eigenvalue weighted by Gasteiger charge is -2.24. The van der Waals surface area contributed by atoms with E-state index in [0.29, 0.717) is 23.4 Å². The van der Waals surface area contributed by atoms with Crippen LogP contribution in [0.5, 0.6) is 0 Å². The van der Waals surface area contributed by atoms with Crippen LogP contribution in [-0.2, 0) is 33.3 Å². The topological polar surface area (TPSA) is 136 Å². The molecular weight excluding hydrogens is 446 g/mol. The van der Waals surface area contributed by atoms with Gasteiger partial charge in [0, 0.05) is 26.3 Å². The molecule has 1 N–H and O–H groups in total. The Labute approximate surface area is 196 Å². The molecule has 34 heavy (non-hydrogen) atoms. The number of nitrogens with zero attached hydrogens (tertiary/aromatic N) is 4. The third kappa shape index (κ3) is 4.44. The van der Waals surface area contributed by atoms with Gasteiger partial charge in [-0.2, -0.15) is 0 Å². The van der Waals surface area contributed by atoms with E-state index >= 15 is 0 Å². The summed E-state index contributed by atoms with van der Waals surface area (Å²) in [6, 6.07) is 0.111. The van der Waals surface area contributed by atoms with Crippen molar-refractivity contribution in [1.82, 2.24) is 19.5 Å². The molecule has 3 aliphatic rings. The van der Waals surface area contributed by atoms with Crippen molar-refractivity contribution in [2.45, 2.75) is 89.4 Å². The van der Waals surface area contributed by atoms with Crippen LogP contribution < -0.4 is 5.32 Å². The highest BCUT2D eigenvalue weighted by Crippen LogP contribution is 2.44. The Hall–Kier alpha value is -2.83. The average molecular weight is 476 g/mol. The van der Waals surface area contributed by atoms with Gasteiger partial charge in [0.1, 0.15) is 37.4 Å². The molecule has 0 spiro atoms. The van der Waals surface area contributed by atoms with Crippen LogP contribution in [-0.4, -0.2) is 74.3 Å². The number of nitrogens with one attached hydrogen (secondary N) is 1. The Kier molecular flexibility index (Phi) is 5.90. The predicted molar refractivity (Wildman–Crippen MR) is 117 cm³/mol. The van der Waals surface area contributed by atoms with Crippen molar-refractivity contribution in [1.29, 1.82) is 0 Å². The van der Waals surface area contributed by atoms with Crippen LogP contribution >= 0.6 is 0 Å². The number of imidazole rings is 1. The highest BCUT2D eigenvalue weighted by atomic mass is 16.8. The van der Waals surface area contributed by atoms with Crippen LogP contribution in [0.25, 0.3) is 11.2 Å². The lowest BCUT2D eigenvalue weighted by atomic mass is 10.1. The van der Waals surface area contributed by atoms with Gasteiger partial charge in [0.15, 0.2) is 29.0 Å². The normalized spacial score (nSPS) is 32.0. The molecule has 6 atom stereocenters. The Balaban J connectivity index is 1.37. The Morgan fingerprint density at radius 2 is 1.94 bits per heavy atom. The largest absolute Gasteiger partial charge is 0.463 e. The zero-order valence-corrected chi connectivity index (χ0v) is 19.6. The highest BCUT2D eigenvalue weighted by Gasteiger charge is 2.56. The minimum Gasteiger partial charge on any atom is -0.463 e. The van der Waals surface area contributed by atoms with E-state index < -0.39 is 30.3 Å². The summed E-state index contributed by atoms with van der Waals surface area (Å²) < 4.78 is 30.7.